The molecule has 1 aliphatic rings. The first-order chi connectivity index (χ1) is 11.4. The maximum absolute atomic E-state index is 12.7. The normalized spacial score (nSPS) is 23.3. The van der Waals surface area contributed by atoms with E-state index in [-0.39, 0.29) is 11.7 Å². The molecule has 2 N–H and O–H groups in total. The predicted octanol–water partition coefficient (Wildman–Crippen LogP) is 3.62. The van der Waals surface area contributed by atoms with Gasteiger partial charge < -0.3 is 5.11 Å². The van der Waals surface area contributed by atoms with Crippen molar-refractivity contribution in [2.24, 2.45) is 0 Å². The van der Waals surface area contributed by atoms with E-state index in [0.29, 0.717) is 37.1 Å². The molecule has 0 spiro atoms. The van der Waals surface area contributed by atoms with E-state index in [0.717, 1.165) is 0 Å². The predicted molar refractivity (Wildman–Crippen MR) is 95.7 cm³/mol. The Morgan fingerprint density at radius 2 is 1.88 bits per heavy atom. The molecule has 1 aromatic carbocycles. The Bertz CT molecular complexity index is 625. The van der Waals surface area contributed by atoms with Crippen LogP contribution in [0.5, 0.6) is 0 Å². The van der Waals surface area contributed by atoms with Crippen molar-refractivity contribution < 1.29 is 14.7 Å². The Hall–Kier alpha value is -1.65. The molecule has 0 aliphatic heterocycles. The van der Waals surface area contributed by atoms with Gasteiger partial charge in [0.2, 0.25) is 0 Å². The van der Waals surface area contributed by atoms with Gasteiger partial charge in [0, 0.05) is 17.7 Å². The molecule has 2 unspecified atom stereocenters. The molecule has 4 nitrogen and oxygen atoms in total. The lowest BCUT2D eigenvalue weighted by Gasteiger charge is -2.31. The van der Waals surface area contributed by atoms with E-state index in [4.69, 9.17) is 4.84 Å². The SMILES string of the molecule is CCONC(CC)=C1C(=O)CC(c2c(C)cc(C)cc2C)CC1O. The van der Waals surface area contributed by atoms with Crippen molar-refractivity contribution in [2.45, 2.75) is 65.9 Å². The zero-order valence-electron chi connectivity index (χ0n) is 15.4. The summed E-state index contributed by atoms with van der Waals surface area (Å²) in [6.07, 6.45) is 0.891. The maximum Gasteiger partial charge on any atom is 0.163 e. The molecule has 0 aromatic heterocycles. The summed E-state index contributed by atoms with van der Waals surface area (Å²) in [6, 6.07) is 4.30. The van der Waals surface area contributed by atoms with Gasteiger partial charge >= 0.3 is 0 Å². The average molecular weight is 331 g/mol. The maximum atomic E-state index is 12.7. The number of hydroxylamine groups is 1. The van der Waals surface area contributed by atoms with Crippen molar-refractivity contribution >= 4 is 5.78 Å². The number of carbonyl (C=O) groups excluding carboxylic acids is 1. The molecular weight excluding hydrogens is 302 g/mol. The van der Waals surface area contributed by atoms with Gasteiger partial charge in [0.25, 0.3) is 0 Å². The van der Waals surface area contributed by atoms with Crippen molar-refractivity contribution in [1.29, 1.82) is 0 Å². The number of nitrogens with one attached hydrogen (secondary N) is 1. The van der Waals surface area contributed by atoms with Gasteiger partial charge in [-0.05, 0) is 63.1 Å². The van der Waals surface area contributed by atoms with E-state index in [1.54, 1.807) is 0 Å². The van der Waals surface area contributed by atoms with Crippen LogP contribution in [-0.2, 0) is 9.63 Å². The number of rotatable bonds is 5. The van der Waals surface area contributed by atoms with E-state index in [2.05, 4.69) is 38.4 Å². The van der Waals surface area contributed by atoms with E-state index < -0.39 is 6.10 Å². The summed E-state index contributed by atoms with van der Waals surface area (Å²) in [4.78, 5) is 18.0. The quantitative estimate of drug-likeness (QED) is 0.639. The monoisotopic (exact) mass is 331 g/mol. The van der Waals surface area contributed by atoms with Crippen LogP contribution in [0, 0.1) is 20.8 Å². The number of hydrogen-bond acceptors (Lipinski definition) is 4. The Balaban J connectivity index is 2.31. The van der Waals surface area contributed by atoms with Crippen LogP contribution in [0.15, 0.2) is 23.4 Å². The third-order valence-electron chi connectivity index (χ3n) is 4.74. The van der Waals surface area contributed by atoms with Crippen molar-refractivity contribution in [2.75, 3.05) is 6.61 Å². The summed E-state index contributed by atoms with van der Waals surface area (Å²) in [6.45, 7) is 10.6. The van der Waals surface area contributed by atoms with Gasteiger partial charge in [-0.15, -0.1) is 0 Å². The number of hydrogen-bond donors (Lipinski definition) is 2. The number of aryl methyl sites for hydroxylation is 3. The molecule has 4 heteroatoms. The van der Waals surface area contributed by atoms with Crippen molar-refractivity contribution in [3.63, 3.8) is 0 Å². The number of aliphatic hydroxyl groups excluding tert-OH is 1. The lowest BCUT2D eigenvalue weighted by Crippen LogP contribution is -2.33. The molecule has 2 rings (SSSR count). The molecule has 1 aliphatic carbocycles. The Kier molecular flexibility index (Phi) is 6.19. The van der Waals surface area contributed by atoms with E-state index in [9.17, 15) is 9.90 Å². The summed E-state index contributed by atoms with van der Waals surface area (Å²) in [7, 11) is 0. The summed E-state index contributed by atoms with van der Waals surface area (Å²) in [5.74, 6) is 0.0872. The average Bonchev–Trinajstić information content (AvgIpc) is 2.48. The van der Waals surface area contributed by atoms with Gasteiger partial charge in [0.1, 0.15) is 0 Å². The second-order valence-corrected chi connectivity index (χ2v) is 6.67. The molecule has 0 bridgehead atoms. The summed E-state index contributed by atoms with van der Waals surface area (Å²) < 4.78 is 0. The van der Waals surface area contributed by atoms with E-state index in [1.165, 1.54) is 22.3 Å². The van der Waals surface area contributed by atoms with Gasteiger partial charge in [-0.3, -0.25) is 15.1 Å². The highest BCUT2D eigenvalue weighted by atomic mass is 16.6. The second-order valence-electron chi connectivity index (χ2n) is 6.67. The number of ketones is 1. The Labute approximate surface area is 144 Å². The van der Waals surface area contributed by atoms with Gasteiger partial charge in [0.15, 0.2) is 5.78 Å². The van der Waals surface area contributed by atoms with Crippen LogP contribution in [0.1, 0.15) is 61.3 Å². The summed E-state index contributed by atoms with van der Waals surface area (Å²) in [5.41, 5.74) is 8.87. The minimum atomic E-state index is -0.751. The topological polar surface area (TPSA) is 58.6 Å². The number of carbonyl (C=O) groups is 1. The Morgan fingerprint density at radius 3 is 2.38 bits per heavy atom. The van der Waals surface area contributed by atoms with Gasteiger partial charge in [-0.1, -0.05) is 24.6 Å². The number of benzene rings is 1. The largest absolute Gasteiger partial charge is 0.388 e. The standard InChI is InChI=1S/C20H29NO3/c1-6-16(21-24-7-2)20-17(22)10-15(11-18(20)23)19-13(4)8-12(3)9-14(19)5/h8-9,15,17,21-22H,6-7,10-11H2,1-5H3. The van der Waals surface area contributed by atoms with Crippen LogP contribution in [0.25, 0.3) is 0 Å². The smallest absolute Gasteiger partial charge is 0.163 e. The van der Waals surface area contributed by atoms with Crippen molar-refractivity contribution in [1.82, 2.24) is 5.48 Å². The number of aliphatic hydroxyl groups is 1. The van der Waals surface area contributed by atoms with Crippen LogP contribution in [0.3, 0.4) is 0 Å². The fourth-order valence-electron chi connectivity index (χ4n) is 3.89. The fraction of sp³-hybridized carbons (Fsp3) is 0.550. The molecule has 1 fully saturated rings. The molecule has 0 amide bonds. The third-order valence-corrected chi connectivity index (χ3v) is 4.74. The first-order valence-corrected chi connectivity index (χ1v) is 8.78. The fourth-order valence-corrected chi connectivity index (χ4v) is 3.89. The van der Waals surface area contributed by atoms with Crippen LogP contribution < -0.4 is 5.48 Å². The second kappa shape index (κ2) is 7.95. The summed E-state index contributed by atoms with van der Waals surface area (Å²) in [5, 5.41) is 10.6. The molecule has 0 radical (unpaired) electrons. The molecule has 1 aromatic rings. The van der Waals surface area contributed by atoms with E-state index in [1.807, 2.05) is 13.8 Å². The zero-order valence-corrected chi connectivity index (χ0v) is 15.4. The van der Waals surface area contributed by atoms with Crippen LogP contribution in [-0.4, -0.2) is 23.6 Å². The third kappa shape index (κ3) is 3.87. The van der Waals surface area contributed by atoms with Crippen molar-refractivity contribution in [3.8, 4) is 0 Å². The minimum absolute atomic E-state index is 0.0159. The van der Waals surface area contributed by atoms with Crippen LogP contribution in [0.2, 0.25) is 0 Å². The molecular formula is C20H29NO3. The lowest BCUT2D eigenvalue weighted by molar-refractivity contribution is -0.118. The van der Waals surface area contributed by atoms with Gasteiger partial charge in [-0.2, -0.15) is 0 Å². The molecule has 0 heterocycles. The molecule has 0 saturated heterocycles. The molecule has 24 heavy (non-hydrogen) atoms. The highest BCUT2D eigenvalue weighted by Crippen LogP contribution is 2.38. The number of allylic oxidation sites excluding steroid dienone is 1. The summed E-state index contributed by atoms with van der Waals surface area (Å²) >= 11 is 0. The lowest BCUT2D eigenvalue weighted by atomic mass is 9.75. The first-order valence-electron chi connectivity index (χ1n) is 8.78. The zero-order chi connectivity index (χ0) is 17.9. The van der Waals surface area contributed by atoms with Crippen molar-refractivity contribution in [3.05, 3.63) is 45.7 Å². The van der Waals surface area contributed by atoms with Gasteiger partial charge in [-0.25, -0.2) is 0 Å². The van der Waals surface area contributed by atoms with Gasteiger partial charge in [0.05, 0.1) is 12.7 Å². The molecule has 1 saturated carbocycles. The van der Waals surface area contributed by atoms with Crippen LogP contribution in [0.4, 0.5) is 0 Å². The number of Topliss-reactive ketones (excluding diaryl/α,β-unsaturated/α-hetero) is 1. The van der Waals surface area contributed by atoms with E-state index >= 15 is 0 Å². The molecule has 132 valence electrons. The first kappa shape index (κ1) is 18.7. The highest BCUT2D eigenvalue weighted by Gasteiger charge is 2.34. The minimum Gasteiger partial charge on any atom is -0.388 e. The Morgan fingerprint density at radius 1 is 1.25 bits per heavy atom. The van der Waals surface area contributed by atoms with Crippen LogP contribution >= 0.6 is 0 Å². The highest BCUT2D eigenvalue weighted by molar-refractivity contribution is 5.98. The molecule has 2 atom stereocenters.